The van der Waals surface area contributed by atoms with Crippen LogP contribution < -0.4 is 0 Å². The van der Waals surface area contributed by atoms with Gasteiger partial charge < -0.3 is 4.90 Å². The molecule has 1 heterocycles. The molecule has 35 heavy (non-hydrogen) atoms. The lowest BCUT2D eigenvalue weighted by molar-refractivity contribution is 0.203. The fourth-order valence-corrected chi connectivity index (χ4v) is 6.35. The molecule has 3 aromatic carbocycles. The lowest BCUT2D eigenvalue weighted by Crippen LogP contribution is -2.36. The van der Waals surface area contributed by atoms with Gasteiger partial charge in [-0.15, -0.1) is 0 Å². The number of aryl methyl sites for hydroxylation is 2. The Morgan fingerprint density at radius 3 is 2.14 bits per heavy atom. The van der Waals surface area contributed by atoms with Crippen LogP contribution in [0.1, 0.15) is 53.4 Å². The quantitative estimate of drug-likeness (QED) is 0.371. The van der Waals surface area contributed by atoms with Crippen molar-refractivity contribution in [2.75, 3.05) is 33.2 Å². The smallest absolute Gasteiger partial charge is 0.242 e. The third-order valence-electron chi connectivity index (χ3n) is 7.58. The summed E-state index contributed by atoms with van der Waals surface area (Å²) < 4.78 is 28.0. The molecule has 5 heteroatoms. The molecule has 186 valence electrons. The molecule has 0 radical (unpaired) electrons. The van der Waals surface area contributed by atoms with Crippen LogP contribution in [0, 0.1) is 13.8 Å². The summed E-state index contributed by atoms with van der Waals surface area (Å²) in [6, 6.07) is 26.2. The first-order valence-corrected chi connectivity index (χ1v) is 14.1. The van der Waals surface area contributed by atoms with E-state index in [0.29, 0.717) is 17.4 Å². The van der Waals surface area contributed by atoms with E-state index in [0.717, 1.165) is 26.1 Å². The summed E-state index contributed by atoms with van der Waals surface area (Å²) in [7, 11) is -1.81. The molecular formula is C30H38N2O2S. The van der Waals surface area contributed by atoms with Crippen molar-refractivity contribution in [1.29, 1.82) is 0 Å². The Labute approximate surface area is 211 Å². The summed E-state index contributed by atoms with van der Waals surface area (Å²) in [5, 5.41) is 0. The highest BCUT2D eigenvalue weighted by atomic mass is 32.2. The normalized spacial score (nSPS) is 16.5. The van der Waals surface area contributed by atoms with Crippen LogP contribution in [-0.4, -0.2) is 50.8 Å². The van der Waals surface area contributed by atoms with Gasteiger partial charge in [-0.1, -0.05) is 66.7 Å². The number of piperidine rings is 1. The van der Waals surface area contributed by atoms with Crippen molar-refractivity contribution in [2.24, 2.45) is 0 Å². The van der Waals surface area contributed by atoms with E-state index in [1.54, 1.807) is 31.3 Å². The molecule has 0 amide bonds. The van der Waals surface area contributed by atoms with Gasteiger partial charge in [-0.2, -0.15) is 0 Å². The first kappa shape index (κ1) is 25.6. The van der Waals surface area contributed by atoms with Crippen LogP contribution in [0.15, 0.2) is 83.8 Å². The van der Waals surface area contributed by atoms with Crippen molar-refractivity contribution in [3.05, 3.63) is 101 Å². The standard InChI is InChI=1S/C30H38N2O2S/c1-24-14-15-28(22-25(24)2)29(23-31(3)35(33,34)30-12-8-5-9-13-30)18-21-32-19-16-27(17-20-32)26-10-6-4-7-11-26/h4-15,22,27,29H,16-21,23H2,1-3H3/t29-/m1/s1. The van der Waals surface area contributed by atoms with Crippen molar-refractivity contribution < 1.29 is 8.42 Å². The molecule has 0 aliphatic carbocycles. The van der Waals surface area contributed by atoms with Gasteiger partial charge in [-0.3, -0.25) is 0 Å². The van der Waals surface area contributed by atoms with Gasteiger partial charge in [-0.05, 0) is 99.0 Å². The maximum Gasteiger partial charge on any atom is 0.242 e. The Morgan fingerprint density at radius 1 is 0.886 bits per heavy atom. The van der Waals surface area contributed by atoms with Crippen LogP contribution in [0.4, 0.5) is 0 Å². The van der Waals surface area contributed by atoms with Crippen molar-refractivity contribution in [3.8, 4) is 0 Å². The van der Waals surface area contributed by atoms with Crippen molar-refractivity contribution in [1.82, 2.24) is 9.21 Å². The van der Waals surface area contributed by atoms with Crippen LogP contribution in [-0.2, 0) is 10.0 Å². The molecule has 1 atom stereocenters. The molecule has 0 unspecified atom stereocenters. The molecule has 0 aromatic heterocycles. The summed E-state index contributed by atoms with van der Waals surface area (Å²) in [4.78, 5) is 2.91. The average Bonchev–Trinajstić information content (AvgIpc) is 2.89. The van der Waals surface area contributed by atoms with Crippen LogP contribution >= 0.6 is 0 Å². The number of hydrogen-bond donors (Lipinski definition) is 0. The number of rotatable bonds is 9. The van der Waals surface area contributed by atoms with E-state index in [9.17, 15) is 8.42 Å². The fraction of sp³-hybridized carbons (Fsp3) is 0.400. The zero-order valence-electron chi connectivity index (χ0n) is 21.2. The molecule has 0 N–H and O–H groups in total. The van der Waals surface area contributed by atoms with Gasteiger partial charge in [-0.25, -0.2) is 12.7 Å². The number of benzene rings is 3. The number of sulfonamides is 1. The SMILES string of the molecule is Cc1ccc([C@H](CCN2CCC(c3ccccc3)CC2)CN(C)S(=O)(=O)c2ccccc2)cc1C. The third kappa shape index (κ3) is 6.40. The van der Waals surface area contributed by atoms with Gasteiger partial charge in [0.05, 0.1) is 4.90 Å². The first-order chi connectivity index (χ1) is 16.8. The maximum atomic E-state index is 13.2. The van der Waals surface area contributed by atoms with E-state index >= 15 is 0 Å². The molecular weight excluding hydrogens is 452 g/mol. The third-order valence-corrected chi connectivity index (χ3v) is 9.42. The van der Waals surface area contributed by atoms with Crippen molar-refractivity contribution in [2.45, 2.75) is 49.8 Å². The van der Waals surface area contributed by atoms with Crippen LogP contribution in [0.5, 0.6) is 0 Å². The van der Waals surface area contributed by atoms with E-state index in [-0.39, 0.29) is 5.92 Å². The second kappa shape index (κ2) is 11.5. The van der Waals surface area contributed by atoms with Crippen molar-refractivity contribution in [3.63, 3.8) is 0 Å². The van der Waals surface area contributed by atoms with E-state index < -0.39 is 10.0 Å². The molecule has 0 spiro atoms. The average molecular weight is 491 g/mol. The van der Waals surface area contributed by atoms with Crippen molar-refractivity contribution >= 4 is 10.0 Å². The zero-order valence-corrected chi connectivity index (χ0v) is 22.0. The molecule has 1 aliphatic rings. The fourth-order valence-electron chi connectivity index (χ4n) is 5.12. The minimum atomic E-state index is -3.52. The Balaban J connectivity index is 1.44. The number of likely N-dealkylation sites (N-methyl/N-ethyl adjacent to an activating group) is 1. The van der Waals surface area contributed by atoms with Gasteiger partial charge >= 0.3 is 0 Å². The molecule has 1 fully saturated rings. The van der Waals surface area contributed by atoms with Gasteiger partial charge in [0, 0.05) is 13.6 Å². The second-order valence-corrected chi connectivity index (χ2v) is 12.0. The lowest BCUT2D eigenvalue weighted by Gasteiger charge is -2.33. The van der Waals surface area contributed by atoms with Gasteiger partial charge in [0.15, 0.2) is 0 Å². The largest absolute Gasteiger partial charge is 0.303 e. The zero-order chi connectivity index (χ0) is 24.8. The summed E-state index contributed by atoms with van der Waals surface area (Å²) in [6.07, 6.45) is 3.30. The molecule has 0 saturated carbocycles. The van der Waals surface area contributed by atoms with Gasteiger partial charge in [0.1, 0.15) is 0 Å². The topological polar surface area (TPSA) is 40.6 Å². The number of likely N-dealkylation sites (tertiary alicyclic amines) is 1. The Kier molecular flexibility index (Phi) is 8.42. The molecule has 4 rings (SSSR count). The summed E-state index contributed by atoms with van der Waals surface area (Å²) in [5.41, 5.74) is 5.20. The molecule has 3 aromatic rings. The predicted octanol–water partition coefficient (Wildman–Crippen LogP) is 5.98. The van der Waals surface area contributed by atoms with Gasteiger partial charge in [0.25, 0.3) is 0 Å². The minimum absolute atomic E-state index is 0.143. The number of nitrogens with zero attached hydrogens (tertiary/aromatic N) is 2. The predicted molar refractivity (Wildman–Crippen MR) is 144 cm³/mol. The Bertz CT molecular complexity index is 1190. The highest BCUT2D eigenvalue weighted by Crippen LogP contribution is 2.30. The van der Waals surface area contributed by atoms with E-state index in [1.165, 1.54) is 39.4 Å². The lowest BCUT2D eigenvalue weighted by atomic mass is 9.88. The molecule has 1 saturated heterocycles. The summed E-state index contributed by atoms with van der Waals surface area (Å²) in [6.45, 7) is 7.90. The number of hydrogen-bond acceptors (Lipinski definition) is 3. The van der Waals surface area contributed by atoms with Crippen LogP contribution in [0.25, 0.3) is 0 Å². The van der Waals surface area contributed by atoms with Crippen LogP contribution in [0.3, 0.4) is 0 Å². The Morgan fingerprint density at radius 2 is 1.51 bits per heavy atom. The maximum absolute atomic E-state index is 13.2. The first-order valence-electron chi connectivity index (χ1n) is 12.7. The van der Waals surface area contributed by atoms with E-state index in [1.807, 2.05) is 6.07 Å². The summed E-state index contributed by atoms with van der Waals surface area (Å²) in [5.74, 6) is 0.787. The molecule has 1 aliphatic heterocycles. The molecule has 0 bridgehead atoms. The van der Waals surface area contributed by atoms with Crippen LogP contribution in [0.2, 0.25) is 0 Å². The molecule has 4 nitrogen and oxygen atoms in total. The second-order valence-electron chi connectivity index (χ2n) is 9.95. The summed E-state index contributed by atoms with van der Waals surface area (Å²) >= 11 is 0. The highest BCUT2D eigenvalue weighted by molar-refractivity contribution is 7.89. The monoisotopic (exact) mass is 490 g/mol. The van der Waals surface area contributed by atoms with Gasteiger partial charge in [0.2, 0.25) is 10.0 Å². The Hall–Kier alpha value is -2.47. The highest BCUT2D eigenvalue weighted by Gasteiger charge is 2.26. The van der Waals surface area contributed by atoms with E-state index in [2.05, 4.69) is 67.3 Å². The van der Waals surface area contributed by atoms with E-state index in [4.69, 9.17) is 0 Å². The minimum Gasteiger partial charge on any atom is -0.303 e.